The predicted molar refractivity (Wildman–Crippen MR) is 255 cm³/mol. The molecule has 3 unspecified atom stereocenters. The first-order valence-electron chi connectivity index (χ1n) is 26.1. The largest absolute Gasteiger partial charge is 0.394 e. The van der Waals surface area contributed by atoms with Gasteiger partial charge >= 0.3 is 0 Å². The molecule has 344 valence electrons. The lowest BCUT2D eigenvalue weighted by atomic mass is 10.0. The van der Waals surface area contributed by atoms with Crippen LogP contribution >= 0.6 is 0 Å². The molecule has 0 aromatic rings. The second kappa shape index (κ2) is 48.5. The topological polar surface area (TPSA) is 89.8 Å². The summed E-state index contributed by atoms with van der Waals surface area (Å²) in [6.07, 6.45) is 60.6. The molecule has 5 nitrogen and oxygen atoms in total. The van der Waals surface area contributed by atoms with Gasteiger partial charge in [0.25, 0.3) is 0 Å². The molecular weight excluding hydrogens is 715 g/mol. The zero-order chi connectivity index (χ0) is 42.3. The van der Waals surface area contributed by atoms with Crippen LogP contribution in [0.15, 0.2) is 24.3 Å². The van der Waals surface area contributed by atoms with Gasteiger partial charge in [-0.2, -0.15) is 0 Å². The second-order valence-electron chi connectivity index (χ2n) is 18.1. The lowest BCUT2D eigenvalue weighted by Gasteiger charge is -2.21. The summed E-state index contributed by atoms with van der Waals surface area (Å²) in [6.45, 7) is 4.24. The Bertz CT molecular complexity index is 859. The van der Waals surface area contributed by atoms with Crippen LogP contribution in [0.5, 0.6) is 0 Å². The zero-order valence-corrected chi connectivity index (χ0v) is 39.2. The molecule has 0 bridgehead atoms. The van der Waals surface area contributed by atoms with Gasteiger partial charge in [0.2, 0.25) is 5.91 Å². The zero-order valence-electron chi connectivity index (χ0n) is 39.2. The van der Waals surface area contributed by atoms with Crippen molar-refractivity contribution < 1.29 is 20.1 Å². The number of hydrogen-bond acceptors (Lipinski definition) is 4. The molecule has 0 fully saturated rings. The van der Waals surface area contributed by atoms with E-state index < -0.39 is 18.2 Å². The van der Waals surface area contributed by atoms with Gasteiger partial charge in [0.1, 0.15) is 0 Å². The summed E-state index contributed by atoms with van der Waals surface area (Å²) in [6, 6.07) is -0.742. The summed E-state index contributed by atoms with van der Waals surface area (Å²) >= 11 is 0. The van der Waals surface area contributed by atoms with Crippen molar-refractivity contribution in [2.75, 3.05) is 6.61 Å². The van der Waals surface area contributed by atoms with Crippen LogP contribution in [0.3, 0.4) is 0 Å². The van der Waals surface area contributed by atoms with Crippen molar-refractivity contribution >= 4 is 5.91 Å². The SMILES string of the molecule is CCCCCCCCCCCCCC/C=C\CCCCCCCCCCCCCC(O)CC(=O)NC(CO)C(O)/C=C/CCCCCCCCCCCCCCCC. The number of hydrogen-bond donors (Lipinski definition) is 4. The van der Waals surface area contributed by atoms with Gasteiger partial charge < -0.3 is 20.6 Å². The fourth-order valence-corrected chi connectivity index (χ4v) is 8.22. The Hall–Kier alpha value is -1.17. The first-order valence-corrected chi connectivity index (χ1v) is 26.1. The monoisotopic (exact) mass is 818 g/mol. The summed E-state index contributed by atoms with van der Waals surface area (Å²) in [4.78, 5) is 12.5. The van der Waals surface area contributed by atoms with Gasteiger partial charge in [-0.15, -0.1) is 0 Å². The molecule has 0 aliphatic rings. The first-order chi connectivity index (χ1) is 28.5. The summed E-state index contributed by atoms with van der Waals surface area (Å²) in [7, 11) is 0. The van der Waals surface area contributed by atoms with Crippen LogP contribution in [-0.4, -0.2) is 46.1 Å². The molecule has 0 aromatic heterocycles. The van der Waals surface area contributed by atoms with Gasteiger partial charge in [0.15, 0.2) is 0 Å². The minimum atomic E-state index is -0.927. The fraction of sp³-hybridized carbons (Fsp3) is 0.906. The molecule has 1 amide bonds. The normalized spacial score (nSPS) is 13.5. The van der Waals surface area contributed by atoms with Crippen molar-refractivity contribution in [3.8, 4) is 0 Å². The van der Waals surface area contributed by atoms with E-state index in [0.29, 0.717) is 6.42 Å². The number of rotatable bonds is 48. The summed E-state index contributed by atoms with van der Waals surface area (Å²) in [5, 5.41) is 33.4. The number of aliphatic hydroxyl groups excluding tert-OH is 3. The number of carbonyl (C=O) groups excluding carboxylic acids is 1. The highest BCUT2D eigenvalue weighted by Gasteiger charge is 2.20. The van der Waals surface area contributed by atoms with Crippen molar-refractivity contribution in [2.24, 2.45) is 0 Å². The van der Waals surface area contributed by atoms with Gasteiger partial charge in [0.05, 0.1) is 31.3 Å². The van der Waals surface area contributed by atoms with Crippen LogP contribution in [0.2, 0.25) is 0 Å². The summed E-state index contributed by atoms with van der Waals surface area (Å²) < 4.78 is 0. The van der Waals surface area contributed by atoms with E-state index in [4.69, 9.17) is 0 Å². The Kier molecular flexibility index (Phi) is 47.5. The maximum atomic E-state index is 12.5. The Balaban J connectivity index is 3.56. The predicted octanol–water partition coefficient (Wildman–Crippen LogP) is 15.7. The lowest BCUT2D eigenvalue weighted by Crippen LogP contribution is -2.45. The molecule has 0 aliphatic carbocycles. The van der Waals surface area contributed by atoms with E-state index in [1.54, 1.807) is 6.08 Å². The number of allylic oxidation sites excluding steroid dienone is 3. The standard InChI is InChI=1S/C53H103NO4/c1-3-5-7-9-11-13-15-17-19-21-22-23-24-25-26-27-28-29-30-31-32-34-36-38-40-42-44-46-50(56)48-53(58)54-51(49-55)52(57)47-45-43-41-39-37-35-33-20-18-16-14-12-10-8-6-4-2/h25-26,45,47,50-52,55-57H,3-24,27-44,46,48-49H2,1-2H3,(H,54,58)/b26-25-,47-45+. The quantitative estimate of drug-likeness (QED) is 0.0364. The van der Waals surface area contributed by atoms with Crippen LogP contribution in [0.1, 0.15) is 284 Å². The number of amides is 1. The molecule has 0 heterocycles. The molecule has 0 aliphatic heterocycles. The maximum Gasteiger partial charge on any atom is 0.222 e. The van der Waals surface area contributed by atoms with Crippen LogP contribution in [0.25, 0.3) is 0 Å². The molecule has 58 heavy (non-hydrogen) atoms. The second-order valence-corrected chi connectivity index (χ2v) is 18.1. The molecule has 4 N–H and O–H groups in total. The van der Waals surface area contributed by atoms with E-state index in [9.17, 15) is 20.1 Å². The molecule has 0 saturated heterocycles. The van der Waals surface area contributed by atoms with Crippen LogP contribution < -0.4 is 5.32 Å². The van der Waals surface area contributed by atoms with Gasteiger partial charge in [0, 0.05) is 0 Å². The Morgan fingerprint density at radius 1 is 0.431 bits per heavy atom. The lowest BCUT2D eigenvalue weighted by molar-refractivity contribution is -0.124. The Morgan fingerprint density at radius 2 is 0.724 bits per heavy atom. The third-order valence-corrected chi connectivity index (χ3v) is 12.2. The van der Waals surface area contributed by atoms with Gasteiger partial charge in [-0.1, -0.05) is 256 Å². The highest BCUT2D eigenvalue weighted by atomic mass is 16.3. The number of aliphatic hydroxyl groups is 3. The van der Waals surface area contributed by atoms with Gasteiger partial charge in [-0.05, 0) is 44.9 Å². The van der Waals surface area contributed by atoms with Crippen molar-refractivity contribution in [1.29, 1.82) is 0 Å². The van der Waals surface area contributed by atoms with Crippen molar-refractivity contribution in [3.05, 3.63) is 24.3 Å². The molecule has 0 aromatic carbocycles. The molecular formula is C53H103NO4. The summed E-state index contributed by atoms with van der Waals surface area (Å²) in [5.74, 6) is -0.313. The van der Waals surface area contributed by atoms with Crippen LogP contribution in [0.4, 0.5) is 0 Å². The Labute approximate surface area is 362 Å². The average Bonchev–Trinajstić information content (AvgIpc) is 3.22. The highest BCUT2D eigenvalue weighted by Crippen LogP contribution is 2.17. The van der Waals surface area contributed by atoms with Crippen molar-refractivity contribution in [3.63, 3.8) is 0 Å². The minimum Gasteiger partial charge on any atom is -0.394 e. The van der Waals surface area contributed by atoms with E-state index >= 15 is 0 Å². The maximum absolute atomic E-state index is 12.5. The average molecular weight is 818 g/mol. The van der Waals surface area contributed by atoms with E-state index in [-0.39, 0.29) is 18.9 Å². The third kappa shape index (κ3) is 44.4. The van der Waals surface area contributed by atoms with Crippen LogP contribution in [0, 0.1) is 0 Å². The van der Waals surface area contributed by atoms with Crippen molar-refractivity contribution in [2.45, 2.75) is 302 Å². The number of nitrogens with one attached hydrogen (secondary N) is 1. The Morgan fingerprint density at radius 3 is 1.05 bits per heavy atom. The van der Waals surface area contributed by atoms with Crippen LogP contribution in [-0.2, 0) is 4.79 Å². The fourth-order valence-electron chi connectivity index (χ4n) is 8.22. The first kappa shape index (κ1) is 56.8. The third-order valence-electron chi connectivity index (χ3n) is 12.2. The molecule has 0 spiro atoms. The van der Waals surface area contributed by atoms with Gasteiger partial charge in [-0.3, -0.25) is 4.79 Å². The number of carbonyl (C=O) groups is 1. The van der Waals surface area contributed by atoms with Crippen molar-refractivity contribution in [1.82, 2.24) is 5.32 Å². The molecule has 0 radical (unpaired) electrons. The smallest absolute Gasteiger partial charge is 0.222 e. The van der Waals surface area contributed by atoms with E-state index in [1.807, 2.05) is 6.08 Å². The van der Waals surface area contributed by atoms with E-state index in [0.717, 1.165) is 25.7 Å². The highest BCUT2D eigenvalue weighted by molar-refractivity contribution is 5.76. The molecule has 3 atom stereocenters. The molecule has 0 rings (SSSR count). The molecule has 0 saturated carbocycles. The summed E-state index contributed by atoms with van der Waals surface area (Å²) in [5.41, 5.74) is 0. The molecule has 5 heteroatoms. The van der Waals surface area contributed by atoms with Gasteiger partial charge in [-0.25, -0.2) is 0 Å². The van der Waals surface area contributed by atoms with E-state index in [2.05, 4.69) is 31.3 Å². The number of unbranched alkanes of at least 4 members (excludes halogenated alkanes) is 37. The minimum absolute atomic E-state index is 0.0156. The van der Waals surface area contributed by atoms with E-state index in [1.165, 1.54) is 231 Å².